The molecule has 3 aromatic carbocycles. The van der Waals surface area contributed by atoms with Gasteiger partial charge in [-0.3, -0.25) is 0 Å². The average Bonchev–Trinajstić information content (AvgIpc) is 2.70. The Morgan fingerprint density at radius 3 is 2.13 bits per heavy atom. The van der Waals surface area contributed by atoms with E-state index in [1.54, 1.807) is 24.3 Å². The minimum absolute atomic E-state index is 0.0856. The Kier molecular flexibility index (Phi) is 6.53. The van der Waals surface area contributed by atoms with E-state index < -0.39 is 17.7 Å². The van der Waals surface area contributed by atoms with Crippen LogP contribution in [0.3, 0.4) is 0 Å². The largest absolute Gasteiger partial charge is 0.489 e. The Balaban J connectivity index is 1.65. The highest BCUT2D eigenvalue weighted by molar-refractivity contribution is 5.49. The lowest BCUT2D eigenvalue weighted by atomic mass is 10.0. The molecule has 1 N–H and O–H groups in total. The zero-order valence-corrected chi connectivity index (χ0v) is 17.1. The van der Waals surface area contributed by atoms with Gasteiger partial charge in [-0.25, -0.2) is 0 Å². The van der Waals surface area contributed by atoms with Gasteiger partial charge in [0.1, 0.15) is 12.4 Å². The zero-order valence-electron chi connectivity index (χ0n) is 17.1. The molecule has 0 saturated carbocycles. The van der Waals surface area contributed by atoms with Crippen molar-refractivity contribution in [1.82, 2.24) is 0 Å². The molecule has 3 rings (SSSR count). The highest BCUT2D eigenvalue weighted by Gasteiger charge is 2.58. The van der Waals surface area contributed by atoms with Crippen molar-refractivity contribution < 1.29 is 26.7 Å². The first-order valence-corrected chi connectivity index (χ1v) is 9.62. The molecule has 0 radical (unpaired) electrons. The van der Waals surface area contributed by atoms with Crippen molar-refractivity contribution in [2.24, 2.45) is 0 Å². The van der Waals surface area contributed by atoms with Crippen molar-refractivity contribution in [2.75, 3.05) is 5.32 Å². The molecule has 0 aromatic heterocycles. The van der Waals surface area contributed by atoms with Gasteiger partial charge in [-0.2, -0.15) is 22.0 Å². The fraction of sp³-hybridized carbons (Fsp3) is 0.250. The predicted molar refractivity (Wildman–Crippen MR) is 110 cm³/mol. The summed E-state index contributed by atoms with van der Waals surface area (Å²) in [7, 11) is 0. The maximum absolute atomic E-state index is 13.6. The summed E-state index contributed by atoms with van der Waals surface area (Å²) < 4.78 is 70.8. The standard InChI is InChI=1S/C24H22F5NO/c1-16-9-17(2)11-19(10-16)15-31-22-8-4-7-21(13-22)30-14-18-5-3-6-20(12-18)23(25,26)24(27,28)29/h3-13,30H,14-15H2,1-2H3. The molecule has 0 fully saturated rings. The van der Waals surface area contributed by atoms with Crippen LogP contribution in [0.15, 0.2) is 66.7 Å². The second-order valence-electron chi connectivity index (χ2n) is 7.44. The monoisotopic (exact) mass is 435 g/mol. The molecule has 0 atom stereocenters. The second kappa shape index (κ2) is 8.96. The van der Waals surface area contributed by atoms with Crippen LogP contribution in [0.2, 0.25) is 0 Å². The molecule has 0 bridgehead atoms. The smallest absolute Gasteiger partial charge is 0.458 e. The number of nitrogens with one attached hydrogen (secondary N) is 1. The van der Waals surface area contributed by atoms with Gasteiger partial charge in [0.05, 0.1) is 0 Å². The summed E-state index contributed by atoms with van der Waals surface area (Å²) >= 11 is 0. The van der Waals surface area contributed by atoms with Crippen molar-refractivity contribution in [3.05, 3.63) is 94.5 Å². The van der Waals surface area contributed by atoms with Crippen molar-refractivity contribution >= 4 is 5.69 Å². The molecule has 0 spiro atoms. The van der Waals surface area contributed by atoms with Crippen molar-refractivity contribution in [2.45, 2.75) is 39.1 Å². The third-order valence-electron chi connectivity index (χ3n) is 4.66. The van der Waals surface area contributed by atoms with Gasteiger partial charge in [-0.05, 0) is 43.2 Å². The van der Waals surface area contributed by atoms with Crippen LogP contribution in [0.25, 0.3) is 0 Å². The Morgan fingerprint density at radius 1 is 0.774 bits per heavy atom. The minimum Gasteiger partial charge on any atom is -0.489 e. The van der Waals surface area contributed by atoms with E-state index in [1.807, 2.05) is 26.0 Å². The summed E-state index contributed by atoms with van der Waals surface area (Å²) in [5.74, 6) is -4.29. The first-order valence-electron chi connectivity index (χ1n) is 9.62. The third kappa shape index (κ3) is 5.75. The Labute approximate surface area is 177 Å². The third-order valence-corrected chi connectivity index (χ3v) is 4.66. The molecule has 2 nitrogen and oxygen atoms in total. The van der Waals surface area contributed by atoms with Gasteiger partial charge < -0.3 is 10.1 Å². The molecule has 3 aromatic rings. The van der Waals surface area contributed by atoms with Crippen LogP contribution in [-0.4, -0.2) is 6.18 Å². The van der Waals surface area contributed by atoms with E-state index in [1.165, 1.54) is 12.1 Å². The Bertz CT molecular complexity index is 1030. The maximum Gasteiger partial charge on any atom is 0.458 e. The van der Waals surface area contributed by atoms with Gasteiger partial charge >= 0.3 is 12.1 Å². The van der Waals surface area contributed by atoms with Crippen LogP contribution in [0.4, 0.5) is 27.6 Å². The first-order chi connectivity index (χ1) is 14.5. The number of hydrogen-bond acceptors (Lipinski definition) is 2. The molecule has 0 unspecified atom stereocenters. The highest BCUT2D eigenvalue weighted by Crippen LogP contribution is 2.43. The van der Waals surface area contributed by atoms with E-state index in [0.717, 1.165) is 28.8 Å². The minimum atomic E-state index is -5.64. The summed E-state index contributed by atoms with van der Waals surface area (Å²) in [4.78, 5) is 0. The van der Waals surface area contributed by atoms with E-state index in [0.29, 0.717) is 23.6 Å². The van der Waals surface area contributed by atoms with Crippen LogP contribution >= 0.6 is 0 Å². The number of halogens is 5. The fourth-order valence-electron chi connectivity index (χ4n) is 3.26. The van der Waals surface area contributed by atoms with Gasteiger partial charge in [0.25, 0.3) is 0 Å². The Morgan fingerprint density at radius 2 is 1.45 bits per heavy atom. The van der Waals surface area contributed by atoms with Gasteiger partial charge in [0.15, 0.2) is 0 Å². The van der Waals surface area contributed by atoms with Crippen molar-refractivity contribution in [3.8, 4) is 5.75 Å². The molecule has 0 aliphatic heterocycles. The van der Waals surface area contributed by atoms with E-state index in [2.05, 4.69) is 11.4 Å². The van der Waals surface area contributed by atoms with Gasteiger partial charge in [0.2, 0.25) is 0 Å². The molecule has 0 saturated heterocycles. The van der Waals surface area contributed by atoms with Gasteiger partial charge in [-0.15, -0.1) is 0 Å². The summed E-state index contributed by atoms with van der Waals surface area (Å²) in [6.45, 7) is 4.50. The molecule has 0 heterocycles. The molecular formula is C24H22F5NO. The SMILES string of the molecule is Cc1cc(C)cc(COc2cccc(NCc3cccc(C(F)(F)C(F)(F)F)c3)c2)c1. The molecule has 7 heteroatoms. The van der Waals surface area contributed by atoms with E-state index in [-0.39, 0.29) is 6.54 Å². The number of ether oxygens (including phenoxy) is 1. The van der Waals surface area contributed by atoms with Crippen LogP contribution in [0.5, 0.6) is 5.75 Å². The lowest BCUT2D eigenvalue weighted by molar-refractivity contribution is -0.289. The van der Waals surface area contributed by atoms with Crippen LogP contribution in [-0.2, 0) is 19.1 Å². The summed E-state index contributed by atoms with van der Waals surface area (Å²) in [6.07, 6.45) is -5.64. The average molecular weight is 435 g/mol. The maximum atomic E-state index is 13.6. The molecule has 31 heavy (non-hydrogen) atoms. The molecule has 0 aliphatic rings. The molecule has 164 valence electrons. The van der Waals surface area contributed by atoms with E-state index in [4.69, 9.17) is 4.74 Å². The predicted octanol–water partition coefficient (Wildman–Crippen LogP) is 7.15. The van der Waals surface area contributed by atoms with Gasteiger partial charge in [0, 0.05) is 23.9 Å². The number of benzene rings is 3. The highest BCUT2D eigenvalue weighted by atomic mass is 19.4. The number of alkyl halides is 5. The summed E-state index contributed by atoms with van der Waals surface area (Å²) in [6, 6.07) is 17.5. The molecule has 0 aliphatic carbocycles. The quantitative estimate of drug-likeness (QED) is 0.398. The fourth-order valence-corrected chi connectivity index (χ4v) is 3.26. The van der Waals surface area contributed by atoms with Crippen molar-refractivity contribution in [3.63, 3.8) is 0 Å². The number of hydrogen-bond donors (Lipinski definition) is 1. The lowest BCUT2D eigenvalue weighted by Crippen LogP contribution is -2.33. The summed E-state index contributed by atoms with van der Waals surface area (Å²) in [5.41, 5.74) is 3.22. The second-order valence-corrected chi connectivity index (χ2v) is 7.44. The topological polar surface area (TPSA) is 21.3 Å². The van der Waals surface area contributed by atoms with Crippen molar-refractivity contribution in [1.29, 1.82) is 0 Å². The Hall–Kier alpha value is -3.09. The molecular weight excluding hydrogens is 413 g/mol. The van der Waals surface area contributed by atoms with E-state index >= 15 is 0 Å². The first kappa shape index (κ1) is 22.6. The van der Waals surface area contributed by atoms with E-state index in [9.17, 15) is 22.0 Å². The number of rotatable bonds is 7. The zero-order chi connectivity index (χ0) is 22.6. The van der Waals surface area contributed by atoms with Crippen LogP contribution in [0.1, 0.15) is 27.8 Å². The van der Waals surface area contributed by atoms with Crippen LogP contribution in [0, 0.1) is 13.8 Å². The number of anilines is 1. The van der Waals surface area contributed by atoms with Crippen LogP contribution < -0.4 is 10.1 Å². The lowest BCUT2D eigenvalue weighted by Gasteiger charge is -2.20. The summed E-state index contributed by atoms with van der Waals surface area (Å²) in [5, 5.41) is 3.03. The van der Waals surface area contributed by atoms with Gasteiger partial charge in [-0.1, -0.05) is 53.6 Å². The number of aryl methyl sites for hydroxylation is 2. The normalized spacial score (nSPS) is 12.0. The molecule has 0 amide bonds.